The summed E-state index contributed by atoms with van der Waals surface area (Å²) in [6.45, 7) is 8.06. The Morgan fingerprint density at radius 2 is 1.91 bits per heavy atom. The van der Waals surface area contributed by atoms with Crippen LogP contribution in [0.2, 0.25) is 0 Å². The lowest BCUT2D eigenvalue weighted by Crippen LogP contribution is -2.39. The smallest absolute Gasteiger partial charge is 0.256 e. The minimum absolute atomic E-state index is 0.0431. The lowest BCUT2D eigenvalue weighted by Gasteiger charge is -2.29. The van der Waals surface area contributed by atoms with Gasteiger partial charge in [-0.15, -0.1) is 0 Å². The third-order valence-corrected chi connectivity index (χ3v) is 4.05. The lowest BCUT2D eigenvalue weighted by molar-refractivity contribution is 0.0933. The van der Waals surface area contributed by atoms with Crippen molar-refractivity contribution in [1.82, 2.24) is 10.3 Å². The van der Waals surface area contributed by atoms with Gasteiger partial charge in [0, 0.05) is 24.0 Å². The number of carbonyl (C=O) groups excluding carboxylic acids is 1. The number of hydrogen-bond donors (Lipinski definition) is 2. The number of carbonyl (C=O) groups is 1. The molecule has 0 fully saturated rings. The number of aromatic amines is 1. The Hall–Kier alpha value is -2.36. The van der Waals surface area contributed by atoms with Gasteiger partial charge >= 0.3 is 0 Å². The van der Waals surface area contributed by atoms with Crippen molar-refractivity contribution in [1.29, 1.82) is 0 Å². The van der Waals surface area contributed by atoms with Crippen LogP contribution in [0.5, 0.6) is 0 Å². The molecule has 0 aliphatic carbocycles. The van der Waals surface area contributed by atoms with Crippen molar-refractivity contribution in [2.24, 2.45) is 0 Å². The Morgan fingerprint density at radius 1 is 1.26 bits per heavy atom. The maximum Gasteiger partial charge on any atom is 0.256 e. The lowest BCUT2D eigenvalue weighted by atomic mass is 9.79. The Morgan fingerprint density at radius 3 is 2.52 bits per heavy atom. The van der Waals surface area contributed by atoms with E-state index in [9.17, 15) is 9.59 Å². The van der Waals surface area contributed by atoms with Crippen molar-refractivity contribution >= 4 is 5.91 Å². The zero-order valence-corrected chi connectivity index (χ0v) is 14.1. The first kappa shape index (κ1) is 17.0. The molecule has 4 nitrogen and oxygen atoms in total. The molecule has 1 heterocycles. The molecule has 2 N–H and O–H groups in total. The second kappa shape index (κ2) is 6.82. The van der Waals surface area contributed by atoms with Crippen LogP contribution in [0.25, 0.3) is 0 Å². The quantitative estimate of drug-likeness (QED) is 0.891. The van der Waals surface area contributed by atoms with Crippen LogP contribution < -0.4 is 10.7 Å². The van der Waals surface area contributed by atoms with E-state index in [2.05, 4.69) is 36.3 Å². The average Bonchev–Trinajstić information content (AvgIpc) is 2.47. The zero-order valence-electron chi connectivity index (χ0n) is 14.1. The second-order valence-corrected chi connectivity index (χ2v) is 6.72. The number of aromatic nitrogens is 1. The highest BCUT2D eigenvalue weighted by Crippen LogP contribution is 2.28. The molecule has 0 saturated heterocycles. The highest BCUT2D eigenvalue weighted by atomic mass is 16.2. The second-order valence-electron chi connectivity index (χ2n) is 6.72. The van der Waals surface area contributed by atoms with Crippen molar-refractivity contribution in [3.63, 3.8) is 0 Å². The van der Waals surface area contributed by atoms with Crippen molar-refractivity contribution in [3.05, 3.63) is 69.6 Å². The number of amides is 1. The molecule has 2 rings (SSSR count). The summed E-state index contributed by atoms with van der Waals surface area (Å²) in [6.07, 6.45) is 2.26. The van der Waals surface area contributed by atoms with Crippen LogP contribution in [0.4, 0.5) is 0 Å². The Kier molecular flexibility index (Phi) is 5.04. The van der Waals surface area contributed by atoms with E-state index in [-0.39, 0.29) is 28.4 Å². The highest BCUT2D eigenvalue weighted by molar-refractivity contribution is 5.93. The van der Waals surface area contributed by atoms with E-state index < -0.39 is 0 Å². The van der Waals surface area contributed by atoms with Gasteiger partial charge in [-0.2, -0.15) is 0 Å². The number of H-pyrrole nitrogens is 1. The van der Waals surface area contributed by atoms with Gasteiger partial charge in [-0.25, -0.2) is 0 Å². The van der Waals surface area contributed by atoms with Crippen LogP contribution in [0.15, 0.2) is 47.4 Å². The maximum atomic E-state index is 12.3. The maximum absolute atomic E-state index is 12.3. The molecule has 1 atom stereocenters. The van der Waals surface area contributed by atoms with Gasteiger partial charge in [-0.05, 0) is 31.2 Å². The Bertz CT molecular complexity index is 733. The summed E-state index contributed by atoms with van der Waals surface area (Å²) >= 11 is 0. The minimum Gasteiger partial charge on any atom is -0.364 e. The third kappa shape index (κ3) is 4.31. The molecular weight excluding hydrogens is 288 g/mol. The molecule has 1 amide bonds. The normalized spacial score (nSPS) is 12.7. The van der Waals surface area contributed by atoms with Crippen molar-refractivity contribution in [3.8, 4) is 0 Å². The molecule has 1 aromatic carbocycles. The van der Waals surface area contributed by atoms with Gasteiger partial charge in [0.25, 0.3) is 5.91 Å². The summed E-state index contributed by atoms with van der Waals surface area (Å²) in [4.78, 5) is 27.1. The summed E-state index contributed by atoms with van der Waals surface area (Å²) in [7, 11) is 0. The monoisotopic (exact) mass is 312 g/mol. The summed E-state index contributed by atoms with van der Waals surface area (Å²) in [5.74, 6) is -0.331. The first-order chi connectivity index (χ1) is 10.8. The van der Waals surface area contributed by atoms with Crippen molar-refractivity contribution < 1.29 is 4.79 Å². The van der Waals surface area contributed by atoms with Gasteiger partial charge in [-0.1, -0.05) is 44.2 Å². The number of rotatable bonds is 5. The molecule has 2 aromatic rings. The van der Waals surface area contributed by atoms with E-state index in [1.165, 1.54) is 17.8 Å². The van der Waals surface area contributed by atoms with E-state index >= 15 is 0 Å². The third-order valence-electron chi connectivity index (χ3n) is 4.05. The predicted octanol–water partition coefficient (Wildman–Crippen LogP) is 3.17. The largest absolute Gasteiger partial charge is 0.364 e. The topological polar surface area (TPSA) is 62.0 Å². The van der Waals surface area contributed by atoms with Crippen LogP contribution in [0.3, 0.4) is 0 Å². The molecule has 0 saturated carbocycles. The predicted molar refractivity (Wildman–Crippen MR) is 92.8 cm³/mol. The fraction of sp³-hybridized carbons (Fsp3) is 0.368. The molecule has 0 unspecified atom stereocenters. The molecule has 0 aliphatic rings. The molecule has 0 bridgehead atoms. The highest BCUT2D eigenvalue weighted by Gasteiger charge is 2.24. The molecular formula is C19H24N2O2. The fourth-order valence-electron chi connectivity index (χ4n) is 2.88. The van der Waals surface area contributed by atoms with Gasteiger partial charge in [0.15, 0.2) is 5.43 Å². The van der Waals surface area contributed by atoms with E-state index in [0.717, 1.165) is 12.1 Å². The average molecular weight is 312 g/mol. The molecule has 0 aliphatic heterocycles. The van der Waals surface area contributed by atoms with Gasteiger partial charge < -0.3 is 10.3 Å². The number of hydrogen-bond acceptors (Lipinski definition) is 2. The SMILES string of the molecule is Cc1cc(=O)c(C(=O)N[C@H](C)CC(C)(C)c2ccccc2)c[nH]1. The number of pyridine rings is 1. The number of nitrogens with one attached hydrogen (secondary N) is 2. The molecule has 0 radical (unpaired) electrons. The van der Waals surface area contributed by atoms with Gasteiger partial charge in [0.2, 0.25) is 0 Å². The van der Waals surface area contributed by atoms with Crippen LogP contribution in [0, 0.1) is 6.92 Å². The molecule has 4 heteroatoms. The standard InChI is InChI=1S/C19H24N2O2/c1-13-10-17(22)16(12-20-13)18(23)21-14(2)11-19(3,4)15-8-6-5-7-9-15/h5-10,12,14H,11H2,1-4H3,(H,20,22)(H,21,23)/t14-/m1/s1. The van der Waals surface area contributed by atoms with Crippen molar-refractivity contribution in [2.45, 2.75) is 45.6 Å². The van der Waals surface area contributed by atoms with E-state index in [1.807, 2.05) is 25.1 Å². The van der Waals surface area contributed by atoms with Crippen LogP contribution in [0.1, 0.15) is 48.8 Å². The number of aryl methyl sites for hydroxylation is 1. The molecule has 122 valence electrons. The zero-order chi connectivity index (χ0) is 17.0. The van der Waals surface area contributed by atoms with Crippen LogP contribution in [-0.2, 0) is 5.41 Å². The Balaban J connectivity index is 2.05. The molecule has 0 spiro atoms. The fourth-order valence-corrected chi connectivity index (χ4v) is 2.88. The van der Waals surface area contributed by atoms with Gasteiger partial charge in [0.1, 0.15) is 5.56 Å². The van der Waals surface area contributed by atoms with E-state index in [0.29, 0.717) is 0 Å². The van der Waals surface area contributed by atoms with E-state index in [4.69, 9.17) is 0 Å². The van der Waals surface area contributed by atoms with Gasteiger partial charge in [0.05, 0.1) is 0 Å². The Labute approximate surface area is 137 Å². The minimum atomic E-state index is -0.331. The van der Waals surface area contributed by atoms with Crippen LogP contribution in [-0.4, -0.2) is 16.9 Å². The van der Waals surface area contributed by atoms with Crippen LogP contribution >= 0.6 is 0 Å². The first-order valence-electron chi connectivity index (χ1n) is 7.85. The molecule has 1 aromatic heterocycles. The van der Waals surface area contributed by atoms with E-state index in [1.54, 1.807) is 6.92 Å². The first-order valence-corrected chi connectivity index (χ1v) is 7.85. The number of benzene rings is 1. The van der Waals surface area contributed by atoms with Gasteiger partial charge in [-0.3, -0.25) is 9.59 Å². The summed E-state index contributed by atoms with van der Waals surface area (Å²) in [5, 5.41) is 2.92. The molecule has 23 heavy (non-hydrogen) atoms. The summed E-state index contributed by atoms with van der Waals surface area (Å²) in [6, 6.07) is 11.6. The van der Waals surface area contributed by atoms with Crippen molar-refractivity contribution in [2.75, 3.05) is 0 Å². The summed E-state index contributed by atoms with van der Waals surface area (Å²) < 4.78 is 0. The summed E-state index contributed by atoms with van der Waals surface area (Å²) in [5.41, 5.74) is 1.81.